The zero-order valence-electron chi connectivity index (χ0n) is 17.7. The van der Waals surface area contributed by atoms with Crippen LogP contribution in [0.3, 0.4) is 0 Å². The van der Waals surface area contributed by atoms with Crippen molar-refractivity contribution >= 4 is 29.4 Å². The summed E-state index contributed by atoms with van der Waals surface area (Å²) in [4.78, 5) is 57.3. The molecule has 34 heavy (non-hydrogen) atoms. The molecule has 8 N–H and O–H groups in total. The van der Waals surface area contributed by atoms with Gasteiger partial charge in [0.25, 0.3) is 0 Å². The van der Waals surface area contributed by atoms with Gasteiger partial charge in [0.05, 0.1) is 13.2 Å². The molecule has 0 aromatic heterocycles. The summed E-state index contributed by atoms with van der Waals surface area (Å²) >= 11 is 0. The second-order valence-electron chi connectivity index (χ2n) is 6.85. The highest BCUT2D eigenvalue weighted by Gasteiger charge is 2.56. The molecule has 0 aliphatic heterocycles. The normalized spacial score (nSPS) is 31.0. The predicted molar refractivity (Wildman–Crippen MR) is 105 cm³/mol. The van der Waals surface area contributed by atoms with Gasteiger partial charge >= 0.3 is 29.4 Å². The Bertz CT molecular complexity index is 809. The number of ether oxygens (including phenoxy) is 2. The summed E-state index contributed by atoms with van der Waals surface area (Å²) in [7, 11) is -15.0. The Hall–Kier alpha value is -0.360. The van der Waals surface area contributed by atoms with E-state index < -0.39 is 78.8 Å². The van der Waals surface area contributed by atoms with Crippen molar-refractivity contribution in [2.75, 3.05) is 20.3 Å². The minimum absolute atomic E-state index is 0.0370. The van der Waals surface area contributed by atoms with Crippen molar-refractivity contribution in [1.29, 1.82) is 0 Å². The van der Waals surface area contributed by atoms with Crippen molar-refractivity contribution in [3.63, 3.8) is 0 Å². The molecule has 0 saturated heterocycles. The third-order valence-electron chi connectivity index (χ3n) is 4.16. The lowest BCUT2D eigenvalue weighted by Crippen LogP contribution is -2.65. The van der Waals surface area contributed by atoms with Crippen LogP contribution >= 0.6 is 23.5 Å². The second-order valence-corrected chi connectivity index (χ2v) is 10.6. The highest BCUT2D eigenvalue weighted by atomic mass is 31.2. The Morgan fingerprint density at radius 1 is 0.794 bits per heavy atom. The van der Waals surface area contributed by atoms with Crippen LogP contribution in [0.15, 0.2) is 0 Å². The molecule has 18 nitrogen and oxygen atoms in total. The van der Waals surface area contributed by atoms with Crippen molar-refractivity contribution in [3.05, 3.63) is 0 Å². The first-order valence-electron chi connectivity index (χ1n) is 9.27. The largest absolute Gasteiger partial charge is 0.472 e. The topological polar surface area (TPSA) is 285 Å². The van der Waals surface area contributed by atoms with Gasteiger partial charge in [-0.3, -0.25) is 22.9 Å². The van der Waals surface area contributed by atoms with E-state index in [2.05, 4.69) is 18.1 Å². The van der Waals surface area contributed by atoms with Gasteiger partial charge in [-0.15, -0.1) is 0 Å². The third-order valence-corrected chi connectivity index (χ3v) is 6.18. The molecule has 0 spiro atoms. The van der Waals surface area contributed by atoms with Crippen LogP contribution in [-0.4, -0.2) is 109 Å². The van der Waals surface area contributed by atoms with Crippen LogP contribution in [-0.2, 0) is 46.1 Å². The molecule has 21 heteroatoms. The Labute approximate surface area is 192 Å². The third kappa shape index (κ3) is 10.3. The van der Waals surface area contributed by atoms with Crippen LogP contribution < -0.4 is 0 Å². The van der Waals surface area contributed by atoms with Gasteiger partial charge in [-0.1, -0.05) is 6.92 Å². The summed E-state index contributed by atoms with van der Waals surface area (Å²) in [6, 6.07) is 0. The zero-order chi connectivity index (χ0) is 26.5. The van der Waals surface area contributed by atoms with E-state index in [9.17, 15) is 38.7 Å². The molecular weight excluding hydrogens is 537 g/mol. The number of hydrogen-bond donors (Lipinski definition) is 8. The highest BCUT2D eigenvalue weighted by Crippen LogP contribution is 2.51. The summed E-state index contributed by atoms with van der Waals surface area (Å²) in [5.41, 5.74) is 0. The number of rotatable bonds is 13. The lowest BCUT2D eigenvalue weighted by Gasteiger charge is -2.44. The summed E-state index contributed by atoms with van der Waals surface area (Å²) in [5, 5.41) is 30.7. The zero-order valence-corrected chi connectivity index (χ0v) is 20.3. The number of esters is 1. The Morgan fingerprint density at radius 3 is 1.71 bits per heavy atom. The summed E-state index contributed by atoms with van der Waals surface area (Å²) in [6.45, 7) is 0.434. The van der Waals surface area contributed by atoms with E-state index in [0.717, 1.165) is 0 Å². The fourth-order valence-electron chi connectivity index (χ4n) is 2.79. The van der Waals surface area contributed by atoms with Crippen molar-refractivity contribution in [1.82, 2.24) is 0 Å². The Morgan fingerprint density at radius 2 is 1.26 bits per heavy atom. The fraction of sp³-hybridized carbons (Fsp3) is 0.923. The van der Waals surface area contributed by atoms with Crippen molar-refractivity contribution in [2.24, 2.45) is 0 Å². The van der Waals surface area contributed by atoms with E-state index in [0.29, 0.717) is 0 Å². The van der Waals surface area contributed by atoms with Crippen LogP contribution in [0, 0.1) is 0 Å². The minimum atomic E-state index is -5.52. The predicted octanol–water partition coefficient (Wildman–Crippen LogP) is -2.49. The number of carbonyl (C=O) groups excluding carboxylic acids is 1. The van der Waals surface area contributed by atoms with Gasteiger partial charge in [0.1, 0.15) is 42.7 Å². The van der Waals surface area contributed by atoms with E-state index in [4.69, 9.17) is 29.0 Å². The molecule has 202 valence electrons. The molecule has 0 aromatic rings. The molecular formula is C13H27O18P3. The lowest BCUT2D eigenvalue weighted by atomic mass is 9.85. The number of methoxy groups -OCH3 is 1. The van der Waals surface area contributed by atoms with Gasteiger partial charge in [0.2, 0.25) is 0 Å². The molecule has 0 radical (unpaired) electrons. The SMILES string of the molecule is CCC(=O)O[C@H](COC)COP(=O)(O)O[C@@H]1[C@H](O)[C@H](O)[C@@H](OP(=O)(O)O)[C@H](OP(=O)(O)O)[C@H]1O. The second kappa shape index (κ2) is 12.7. The molecule has 1 aliphatic carbocycles. The Balaban J connectivity index is 3.07. The average Bonchev–Trinajstić information content (AvgIpc) is 2.69. The quantitative estimate of drug-likeness (QED) is 0.0848. The first-order valence-corrected chi connectivity index (χ1v) is 13.8. The molecule has 8 atom stereocenters. The number of aliphatic hydroxyl groups excluding tert-OH is 3. The van der Waals surface area contributed by atoms with Crippen LogP contribution in [0.25, 0.3) is 0 Å². The van der Waals surface area contributed by atoms with Gasteiger partial charge in [0.15, 0.2) is 0 Å². The number of hydrogen-bond acceptors (Lipinski definition) is 13. The van der Waals surface area contributed by atoms with Crippen LogP contribution in [0.2, 0.25) is 0 Å². The smallest absolute Gasteiger partial charge is 0.457 e. The van der Waals surface area contributed by atoms with Crippen LogP contribution in [0.1, 0.15) is 13.3 Å². The van der Waals surface area contributed by atoms with Gasteiger partial charge < -0.3 is 49.3 Å². The summed E-state index contributed by atoms with van der Waals surface area (Å²) in [5.74, 6) is -0.700. The summed E-state index contributed by atoms with van der Waals surface area (Å²) < 4.78 is 62.0. The highest BCUT2D eigenvalue weighted by molar-refractivity contribution is 7.47. The fourth-order valence-corrected chi connectivity index (χ4v) is 4.88. The standard InChI is InChI=1S/C13H27O18P3/c1-3-7(14)28-6(4-26-2)5-27-34(24,25)31-11-8(15)9(16)12(29-32(18,19)20)13(10(11)17)30-33(21,22)23/h6,8-13,15-17H,3-5H2,1-2H3,(H,24,25)(H2,18,19,20)(H2,21,22,23)/t6-,8-,9+,10+,11-,12-,13-/m1/s1. The molecule has 1 rings (SSSR count). The maximum absolute atomic E-state index is 12.3. The molecule has 1 saturated carbocycles. The molecule has 1 unspecified atom stereocenters. The molecule has 0 amide bonds. The minimum Gasteiger partial charge on any atom is -0.457 e. The molecule has 1 aliphatic rings. The van der Waals surface area contributed by atoms with Crippen molar-refractivity contribution in [2.45, 2.75) is 56.1 Å². The molecule has 0 aromatic carbocycles. The molecule has 0 heterocycles. The Kier molecular flexibility index (Phi) is 11.9. The first kappa shape index (κ1) is 31.7. The van der Waals surface area contributed by atoms with E-state index >= 15 is 0 Å². The van der Waals surface area contributed by atoms with Gasteiger partial charge in [-0.2, -0.15) is 0 Å². The van der Waals surface area contributed by atoms with E-state index in [1.165, 1.54) is 14.0 Å². The molecule has 1 fully saturated rings. The lowest BCUT2D eigenvalue weighted by molar-refractivity contribution is -0.213. The maximum atomic E-state index is 12.3. The first-order chi connectivity index (χ1) is 15.4. The van der Waals surface area contributed by atoms with Crippen LogP contribution in [0.5, 0.6) is 0 Å². The molecule has 0 bridgehead atoms. The van der Waals surface area contributed by atoms with Gasteiger partial charge in [-0.05, 0) is 0 Å². The number of carbonyl (C=O) groups is 1. The van der Waals surface area contributed by atoms with Crippen LogP contribution in [0.4, 0.5) is 0 Å². The van der Waals surface area contributed by atoms with E-state index in [1.807, 2.05) is 0 Å². The van der Waals surface area contributed by atoms with E-state index in [1.54, 1.807) is 0 Å². The summed E-state index contributed by atoms with van der Waals surface area (Å²) in [6.07, 6.45) is -15.8. The number of phosphoric ester groups is 3. The van der Waals surface area contributed by atoms with Crippen molar-refractivity contribution in [3.8, 4) is 0 Å². The van der Waals surface area contributed by atoms with Gasteiger partial charge in [0, 0.05) is 13.5 Å². The van der Waals surface area contributed by atoms with Gasteiger partial charge in [-0.25, -0.2) is 13.7 Å². The average molecular weight is 564 g/mol. The van der Waals surface area contributed by atoms with E-state index in [-0.39, 0.29) is 13.0 Å². The maximum Gasteiger partial charge on any atom is 0.472 e. The number of phosphoric acid groups is 3. The monoisotopic (exact) mass is 564 g/mol. The van der Waals surface area contributed by atoms with Crippen molar-refractivity contribution < 1.29 is 85.8 Å². The number of aliphatic hydroxyl groups is 3.